The largest absolute Gasteiger partial charge is 0.447 e. The van der Waals surface area contributed by atoms with E-state index in [1.165, 1.54) is 44.1 Å². The fourth-order valence-corrected chi connectivity index (χ4v) is 3.10. The number of nitrogen functional groups attached to an aromatic ring is 1. The standard InChI is InChI=1S/C19H30N2O2/c1-2-3-4-5-6-7-8-13-21-18(15-23-19(21)22)14-16-9-11-17(20)12-10-16/h9-12,18H,2-8,13-15,20H2,1H3/t18-/m0/s1. The van der Waals surface area contributed by atoms with Crippen LogP contribution in [0.1, 0.15) is 57.4 Å². The number of carbonyl (C=O) groups is 1. The van der Waals surface area contributed by atoms with E-state index in [0.29, 0.717) is 6.61 Å². The van der Waals surface area contributed by atoms with E-state index in [4.69, 9.17) is 10.5 Å². The highest BCUT2D eigenvalue weighted by Gasteiger charge is 2.32. The number of benzene rings is 1. The highest BCUT2D eigenvalue weighted by atomic mass is 16.6. The molecule has 0 aliphatic carbocycles. The van der Waals surface area contributed by atoms with Gasteiger partial charge in [-0.05, 0) is 30.5 Å². The van der Waals surface area contributed by atoms with Gasteiger partial charge in [-0.25, -0.2) is 4.79 Å². The van der Waals surface area contributed by atoms with Crippen molar-refractivity contribution in [1.82, 2.24) is 4.90 Å². The second kappa shape index (κ2) is 9.43. The van der Waals surface area contributed by atoms with Gasteiger partial charge in [-0.15, -0.1) is 0 Å². The van der Waals surface area contributed by atoms with E-state index in [2.05, 4.69) is 6.92 Å². The first-order valence-corrected chi connectivity index (χ1v) is 8.98. The number of anilines is 1. The zero-order valence-corrected chi connectivity index (χ0v) is 14.3. The topological polar surface area (TPSA) is 55.6 Å². The second-order valence-corrected chi connectivity index (χ2v) is 6.49. The Morgan fingerprint density at radius 1 is 1.09 bits per heavy atom. The molecule has 1 aromatic rings. The van der Waals surface area contributed by atoms with Crippen molar-refractivity contribution in [2.75, 3.05) is 18.9 Å². The van der Waals surface area contributed by atoms with Crippen molar-refractivity contribution in [3.05, 3.63) is 29.8 Å². The summed E-state index contributed by atoms with van der Waals surface area (Å²) in [6.45, 7) is 3.55. The maximum atomic E-state index is 11.9. The smallest absolute Gasteiger partial charge is 0.410 e. The Morgan fingerprint density at radius 2 is 1.74 bits per heavy atom. The predicted octanol–water partition coefficient (Wildman–Crippen LogP) is 4.38. The zero-order valence-electron chi connectivity index (χ0n) is 14.3. The number of carbonyl (C=O) groups excluding carboxylic acids is 1. The maximum absolute atomic E-state index is 11.9. The van der Waals surface area contributed by atoms with Gasteiger partial charge in [0.2, 0.25) is 0 Å². The Morgan fingerprint density at radius 3 is 2.43 bits per heavy atom. The van der Waals surface area contributed by atoms with Crippen LogP contribution in [0.3, 0.4) is 0 Å². The highest BCUT2D eigenvalue weighted by molar-refractivity contribution is 5.70. The van der Waals surface area contributed by atoms with E-state index in [0.717, 1.165) is 25.1 Å². The molecule has 1 aliphatic heterocycles. The van der Waals surface area contributed by atoms with Gasteiger partial charge in [0.15, 0.2) is 0 Å². The number of nitrogens with zero attached hydrogens (tertiary/aromatic N) is 1. The third-order valence-electron chi connectivity index (χ3n) is 4.53. The minimum atomic E-state index is -0.156. The maximum Gasteiger partial charge on any atom is 0.410 e. The van der Waals surface area contributed by atoms with Crippen molar-refractivity contribution < 1.29 is 9.53 Å². The minimum Gasteiger partial charge on any atom is -0.447 e. The predicted molar refractivity (Wildman–Crippen MR) is 94.4 cm³/mol. The summed E-state index contributed by atoms with van der Waals surface area (Å²) < 4.78 is 5.25. The lowest BCUT2D eigenvalue weighted by molar-refractivity contribution is 0.157. The first-order chi connectivity index (χ1) is 11.2. The Labute approximate surface area is 140 Å². The molecule has 0 bridgehead atoms. The van der Waals surface area contributed by atoms with Gasteiger partial charge >= 0.3 is 6.09 Å². The molecule has 2 rings (SSSR count). The molecule has 2 N–H and O–H groups in total. The fourth-order valence-electron chi connectivity index (χ4n) is 3.10. The van der Waals surface area contributed by atoms with Crippen molar-refractivity contribution in [1.29, 1.82) is 0 Å². The summed E-state index contributed by atoms with van der Waals surface area (Å²) >= 11 is 0. The van der Waals surface area contributed by atoms with E-state index >= 15 is 0 Å². The number of hydrogen-bond acceptors (Lipinski definition) is 3. The Kier molecular flexibility index (Phi) is 7.24. The van der Waals surface area contributed by atoms with E-state index in [1.807, 2.05) is 29.2 Å². The average Bonchev–Trinajstić information content (AvgIpc) is 2.89. The van der Waals surface area contributed by atoms with Crippen LogP contribution < -0.4 is 5.73 Å². The molecule has 1 amide bonds. The molecule has 0 radical (unpaired) electrons. The van der Waals surface area contributed by atoms with Crippen LogP contribution in [-0.4, -0.2) is 30.2 Å². The Bertz CT molecular complexity index is 473. The summed E-state index contributed by atoms with van der Waals surface area (Å²) in [5.41, 5.74) is 7.69. The van der Waals surface area contributed by atoms with E-state index in [-0.39, 0.29) is 12.1 Å². The van der Waals surface area contributed by atoms with Crippen molar-refractivity contribution in [2.24, 2.45) is 0 Å². The van der Waals surface area contributed by atoms with Crippen molar-refractivity contribution in [3.63, 3.8) is 0 Å². The SMILES string of the molecule is CCCCCCCCCN1C(=O)OC[C@@H]1Cc1ccc(N)cc1. The molecule has 1 fully saturated rings. The Hall–Kier alpha value is -1.71. The molecular weight excluding hydrogens is 288 g/mol. The van der Waals surface area contributed by atoms with Gasteiger partial charge in [0.1, 0.15) is 6.61 Å². The summed E-state index contributed by atoms with van der Waals surface area (Å²) in [4.78, 5) is 13.8. The van der Waals surface area contributed by atoms with Gasteiger partial charge in [-0.2, -0.15) is 0 Å². The van der Waals surface area contributed by atoms with E-state index in [9.17, 15) is 4.79 Å². The molecule has 128 valence electrons. The number of rotatable bonds is 10. The van der Waals surface area contributed by atoms with Crippen molar-refractivity contribution in [2.45, 2.75) is 64.3 Å². The van der Waals surface area contributed by atoms with Gasteiger partial charge < -0.3 is 15.4 Å². The molecule has 1 aromatic carbocycles. The molecule has 4 heteroatoms. The lowest BCUT2D eigenvalue weighted by Gasteiger charge is -2.21. The van der Waals surface area contributed by atoms with E-state index < -0.39 is 0 Å². The van der Waals surface area contributed by atoms with E-state index in [1.54, 1.807) is 0 Å². The molecule has 0 aromatic heterocycles. The molecule has 4 nitrogen and oxygen atoms in total. The average molecular weight is 318 g/mol. The van der Waals surface area contributed by atoms with Crippen LogP contribution in [0.4, 0.5) is 10.5 Å². The minimum absolute atomic E-state index is 0.156. The van der Waals surface area contributed by atoms with Gasteiger partial charge in [0.05, 0.1) is 6.04 Å². The number of nitrogens with two attached hydrogens (primary N) is 1. The lowest BCUT2D eigenvalue weighted by Crippen LogP contribution is -2.35. The molecule has 1 heterocycles. The number of hydrogen-bond donors (Lipinski definition) is 1. The van der Waals surface area contributed by atoms with Crippen LogP contribution in [0.25, 0.3) is 0 Å². The Balaban J connectivity index is 1.72. The van der Waals surface area contributed by atoms with Gasteiger partial charge in [0.25, 0.3) is 0 Å². The van der Waals surface area contributed by atoms with Crippen LogP contribution in [0.2, 0.25) is 0 Å². The number of ether oxygens (including phenoxy) is 1. The fraction of sp³-hybridized carbons (Fsp3) is 0.632. The summed E-state index contributed by atoms with van der Waals surface area (Å²) in [7, 11) is 0. The van der Waals surface area contributed by atoms with Gasteiger partial charge in [0, 0.05) is 12.2 Å². The monoisotopic (exact) mass is 318 g/mol. The van der Waals surface area contributed by atoms with Crippen LogP contribution in [-0.2, 0) is 11.2 Å². The first-order valence-electron chi connectivity index (χ1n) is 8.98. The normalized spacial score (nSPS) is 17.5. The zero-order chi connectivity index (χ0) is 16.5. The molecule has 1 atom stereocenters. The number of unbranched alkanes of at least 4 members (excludes halogenated alkanes) is 6. The van der Waals surface area contributed by atoms with Crippen LogP contribution in [0.15, 0.2) is 24.3 Å². The summed E-state index contributed by atoms with van der Waals surface area (Å²) in [6.07, 6.45) is 9.48. The molecule has 0 saturated carbocycles. The summed E-state index contributed by atoms with van der Waals surface area (Å²) in [5.74, 6) is 0. The van der Waals surface area contributed by atoms with Crippen LogP contribution in [0.5, 0.6) is 0 Å². The first kappa shape index (κ1) is 17.6. The molecule has 0 unspecified atom stereocenters. The summed E-state index contributed by atoms with van der Waals surface area (Å²) in [6, 6.07) is 8.04. The quantitative estimate of drug-likeness (QED) is 0.514. The third kappa shape index (κ3) is 5.77. The molecular formula is C19H30N2O2. The van der Waals surface area contributed by atoms with Crippen molar-refractivity contribution in [3.8, 4) is 0 Å². The number of amides is 1. The summed E-state index contributed by atoms with van der Waals surface area (Å²) in [5, 5.41) is 0. The number of cyclic esters (lactones) is 1. The molecule has 23 heavy (non-hydrogen) atoms. The highest BCUT2D eigenvalue weighted by Crippen LogP contribution is 2.19. The lowest BCUT2D eigenvalue weighted by atomic mass is 10.0. The van der Waals surface area contributed by atoms with Gasteiger partial charge in [-0.3, -0.25) is 0 Å². The molecule has 0 spiro atoms. The second-order valence-electron chi connectivity index (χ2n) is 6.49. The van der Waals surface area contributed by atoms with Crippen LogP contribution in [0, 0.1) is 0 Å². The third-order valence-corrected chi connectivity index (χ3v) is 4.53. The molecule has 1 saturated heterocycles. The molecule has 1 aliphatic rings. The van der Waals surface area contributed by atoms with Gasteiger partial charge in [-0.1, -0.05) is 57.6 Å². The van der Waals surface area contributed by atoms with Crippen molar-refractivity contribution >= 4 is 11.8 Å². The van der Waals surface area contributed by atoms with Crippen LogP contribution >= 0.6 is 0 Å².